The number of aryl methyl sites for hydroxylation is 1. The summed E-state index contributed by atoms with van der Waals surface area (Å²) in [6, 6.07) is 8.27. The monoisotopic (exact) mass is 396 g/mol. The SMILES string of the molecule is CCCc1nc(-c2ccc(C(C)(C)C)cc2)[nH]c(=O)c1I. The summed E-state index contributed by atoms with van der Waals surface area (Å²) in [6.45, 7) is 8.65. The van der Waals surface area contributed by atoms with Crippen molar-refractivity contribution in [2.24, 2.45) is 0 Å². The number of benzene rings is 1. The minimum Gasteiger partial charge on any atom is -0.306 e. The van der Waals surface area contributed by atoms with Crippen LogP contribution < -0.4 is 5.56 Å². The molecule has 3 nitrogen and oxygen atoms in total. The van der Waals surface area contributed by atoms with E-state index in [9.17, 15) is 4.79 Å². The molecule has 2 rings (SSSR count). The van der Waals surface area contributed by atoms with Crippen molar-refractivity contribution in [1.29, 1.82) is 0 Å². The number of nitrogens with one attached hydrogen (secondary N) is 1. The molecule has 0 unspecified atom stereocenters. The van der Waals surface area contributed by atoms with Gasteiger partial charge in [-0.2, -0.15) is 0 Å². The Morgan fingerprint density at radius 2 is 1.81 bits per heavy atom. The molecule has 0 saturated heterocycles. The fraction of sp³-hybridized carbons (Fsp3) is 0.412. The fourth-order valence-corrected chi connectivity index (χ4v) is 2.70. The number of halogens is 1. The van der Waals surface area contributed by atoms with Gasteiger partial charge in [-0.15, -0.1) is 0 Å². The number of aromatic amines is 1. The maximum absolute atomic E-state index is 12.0. The van der Waals surface area contributed by atoms with E-state index in [4.69, 9.17) is 0 Å². The minimum absolute atomic E-state index is 0.0519. The number of H-pyrrole nitrogens is 1. The maximum atomic E-state index is 12.0. The summed E-state index contributed by atoms with van der Waals surface area (Å²) in [5, 5.41) is 0. The average Bonchev–Trinajstić information content (AvgIpc) is 2.43. The van der Waals surface area contributed by atoms with Crippen molar-refractivity contribution < 1.29 is 0 Å². The highest BCUT2D eigenvalue weighted by molar-refractivity contribution is 14.1. The third-order valence-corrected chi connectivity index (χ3v) is 4.56. The van der Waals surface area contributed by atoms with Crippen LogP contribution in [0.25, 0.3) is 11.4 Å². The zero-order valence-electron chi connectivity index (χ0n) is 13.0. The van der Waals surface area contributed by atoms with Gasteiger partial charge in [0.05, 0.1) is 9.26 Å². The van der Waals surface area contributed by atoms with Gasteiger partial charge in [0.25, 0.3) is 5.56 Å². The normalized spacial score (nSPS) is 11.7. The highest BCUT2D eigenvalue weighted by Gasteiger charge is 2.14. The van der Waals surface area contributed by atoms with Crippen LogP contribution in [0.5, 0.6) is 0 Å². The van der Waals surface area contributed by atoms with Crippen molar-refractivity contribution in [3.8, 4) is 11.4 Å². The molecule has 1 heterocycles. The van der Waals surface area contributed by atoms with Gasteiger partial charge in [0.1, 0.15) is 5.82 Å². The molecule has 0 amide bonds. The van der Waals surface area contributed by atoms with Gasteiger partial charge >= 0.3 is 0 Å². The number of hydrogen-bond donors (Lipinski definition) is 1. The van der Waals surface area contributed by atoms with Gasteiger partial charge in [-0.3, -0.25) is 4.79 Å². The summed E-state index contributed by atoms with van der Waals surface area (Å²) in [5.74, 6) is 0.657. The summed E-state index contributed by atoms with van der Waals surface area (Å²) < 4.78 is 0.699. The largest absolute Gasteiger partial charge is 0.306 e. The lowest BCUT2D eigenvalue weighted by atomic mass is 9.87. The number of hydrogen-bond acceptors (Lipinski definition) is 2. The maximum Gasteiger partial charge on any atom is 0.264 e. The van der Waals surface area contributed by atoms with Crippen LogP contribution in [0.4, 0.5) is 0 Å². The first-order chi connectivity index (χ1) is 9.82. The lowest BCUT2D eigenvalue weighted by Crippen LogP contribution is -2.16. The predicted molar refractivity (Wildman–Crippen MR) is 95.7 cm³/mol. The van der Waals surface area contributed by atoms with E-state index in [0.29, 0.717) is 9.39 Å². The molecule has 112 valence electrons. The lowest BCUT2D eigenvalue weighted by molar-refractivity contribution is 0.590. The standard InChI is InChI=1S/C17H21IN2O/c1-5-6-13-14(18)16(21)20-15(19-13)11-7-9-12(10-8-11)17(2,3)4/h7-10H,5-6H2,1-4H3,(H,19,20,21). The van der Waals surface area contributed by atoms with Crippen molar-refractivity contribution >= 4 is 22.6 Å². The van der Waals surface area contributed by atoms with Crippen LogP contribution in [-0.2, 0) is 11.8 Å². The molecule has 0 aliphatic heterocycles. The third kappa shape index (κ3) is 3.73. The average molecular weight is 396 g/mol. The number of aromatic nitrogens is 2. The van der Waals surface area contributed by atoms with E-state index >= 15 is 0 Å². The Morgan fingerprint density at radius 1 is 1.19 bits per heavy atom. The molecule has 1 aromatic carbocycles. The van der Waals surface area contributed by atoms with Gasteiger partial charge in [-0.25, -0.2) is 4.98 Å². The van der Waals surface area contributed by atoms with Gasteiger partial charge in [0.2, 0.25) is 0 Å². The van der Waals surface area contributed by atoms with Crippen LogP contribution in [0.2, 0.25) is 0 Å². The molecule has 1 aromatic heterocycles. The van der Waals surface area contributed by atoms with E-state index in [1.165, 1.54) is 5.56 Å². The van der Waals surface area contributed by atoms with Crippen molar-refractivity contribution in [1.82, 2.24) is 9.97 Å². The Balaban J connectivity index is 2.45. The van der Waals surface area contributed by atoms with E-state index < -0.39 is 0 Å². The second-order valence-corrected chi connectivity index (χ2v) is 7.33. The van der Waals surface area contributed by atoms with Crippen molar-refractivity contribution in [2.75, 3.05) is 0 Å². The molecule has 21 heavy (non-hydrogen) atoms. The number of rotatable bonds is 3. The lowest BCUT2D eigenvalue weighted by Gasteiger charge is -2.19. The van der Waals surface area contributed by atoms with E-state index in [2.05, 4.69) is 72.4 Å². The van der Waals surface area contributed by atoms with Gasteiger partial charge in [-0.05, 0) is 40.0 Å². The molecule has 0 radical (unpaired) electrons. The molecule has 0 fully saturated rings. The summed E-state index contributed by atoms with van der Waals surface area (Å²) in [7, 11) is 0. The molecule has 0 atom stereocenters. The van der Waals surface area contributed by atoms with E-state index in [0.717, 1.165) is 24.1 Å². The molecule has 0 aliphatic carbocycles. The van der Waals surface area contributed by atoms with Gasteiger partial charge in [0.15, 0.2) is 0 Å². The predicted octanol–water partition coefficient (Wildman–Crippen LogP) is 4.29. The first kappa shape index (κ1) is 16.2. The second-order valence-electron chi connectivity index (χ2n) is 6.25. The van der Waals surface area contributed by atoms with Crippen LogP contribution in [0.15, 0.2) is 29.1 Å². The van der Waals surface area contributed by atoms with Gasteiger partial charge in [-0.1, -0.05) is 58.4 Å². The fourth-order valence-electron chi connectivity index (χ4n) is 2.17. The Kier molecular flexibility index (Phi) is 4.86. The van der Waals surface area contributed by atoms with E-state index in [1.807, 2.05) is 12.1 Å². The molecule has 0 aliphatic rings. The van der Waals surface area contributed by atoms with Crippen molar-refractivity contribution in [2.45, 2.75) is 46.0 Å². The second kappa shape index (κ2) is 6.30. The van der Waals surface area contributed by atoms with Crippen molar-refractivity contribution in [3.05, 3.63) is 49.4 Å². The highest BCUT2D eigenvalue weighted by Crippen LogP contribution is 2.24. The van der Waals surface area contributed by atoms with Crippen LogP contribution in [0, 0.1) is 3.57 Å². The zero-order valence-corrected chi connectivity index (χ0v) is 15.1. The molecule has 0 spiro atoms. The molecule has 0 saturated carbocycles. The van der Waals surface area contributed by atoms with Gasteiger partial charge in [0, 0.05) is 5.56 Å². The van der Waals surface area contributed by atoms with Crippen LogP contribution in [0.3, 0.4) is 0 Å². The number of nitrogens with zero attached hydrogens (tertiary/aromatic N) is 1. The highest BCUT2D eigenvalue weighted by atomic mass is 127. The van der Waals surface area contributed by atoms with Crippen LogP contribution in [-0.4, -0.2) is 9.97 Å². The topological polar surface area (TPSA) is 45.8 Å². The zero-order chi connectivity index (χ0) is 15.6. The minimum atomic E-state index is -0.0519. The van der Waals surface area contributed by atoms with E-state index in [1.54, 1.807) is 0 Å². The molecule has 2 aromatic rings. The summed E-state index contributed by atoms with van der Waals surface area (Å²) >= 11 is 2.07. The quantitative estimate of drug-likeness (QED) is 0.787. The molecular weight excluding hydrogens is 375 g/mol. The van der Waals surface area contributed by atoms with E-state index in [-0.39, 0.29) is 11.0 Å². The Morgan fingerprint density at radius 3 is 2.33 bits per heavy atom. The Labute approximate surface area is 139 Å². The summed E-state index contributed by atoms with van der Waals surface area (Å²) in [4.78, 5) is 19.5. The summed E-state index contributed by atoms with van der Waals surface area (Å²) in [6.07, 6.45) is 1.81. The summed E-state index contributed by atoms with van der Waals surface area (Å²) in [5.41, 5.74) is 3.18. The Bertz CT molecular complexity index is 681. The molecule has 4 heteroatoms. The first-order valence-corrected chi connectivity index (χ1v) is 8.30. The molecular formula is C17H21IN2O. The molecule has 0 bridgehead atoms. The molecule has 1 N–H and O–H groups in total. The van der Waals surface area contributed by atoms with Crippen LogP contribution >= 0.6 is 22.6 Å². The van der Waals surface area contributed by atoms with Gasteiger partial charge < -0.3 is 4.98 Å². The smallest absolute Gasteiger partial charge is 0.264 e. The first-order valence-electron chi connectivity index (χ1n) is 7.22. The van der Waals surface area contributed by atoms with Crippen LogP contribution in [0.1, 0.15) is 45.4 Å². The Hall–Kier alpha value is -1.17. The van der Waals surface area contributed by atoms with Crippen molar-refractivity contribution in [3.63, 3.8) is 0 Å². The third-order valence-electron chi connectivity index (χ3n) is 3.44.